The Balaban J connectivity index is 2.04. The summed E-state index contributed by atoms with van der Waals surface area (Å²) in [5.74, 6) is -1.10. The fourth-order valence-corrected chi connectivity index (χ4v) is 2.21. The molecule has 0 bridgehead atoms. The summed E-state index contributed by atoms with van der Waals surface area (Å²) in [4.78, 5) is 0. The van der Waals surface area contributed by atoms with Gasteiger partial charge in [-0.2, -0.15) is 5.10 Å². The minimum atomic E-state index is -0.551. The van der Waals surface area contributed by atoms with E-state index in [4.69, 9.17) is 0 Å². The summed E-state index contributed by atoms with van der Waals surface area (Å²) in [6.07, 6.45) is 2.00. The summed E-state index contributed by atoms with van der Waals surface area (Å²) in [7, 11) is 0. The number of aryl methyl sites for hydroxylation is 2. The van der Waals surface area contributed by atoms with Gasteiger partial charge in [-0.05, 0) is 38.5 Å². The quantitative estimate of drug-likeness (QED) is 0.909. The zero-order chi connectivity index (χ0) is 14.7. The number of halogens is 2. The van der Waals surface area contributed by atoms with Crippen LogP contribution in [0.1, 0.15) is 36.7 Å². The summed E-state index contributed by atoms with van der Waals surface area (Å²) >= 11 is 0. The highest BCUT2D eigenvalue weighted by Crippen LogP contribution is 2.17. The van der Waals surface area contributed by atoms with Crippen molar-refractivity contribution < 1.29 is 8.78 Å². The van der Waals surface area contributed by atoms with Crippen LogP contribution in [-0.2, 0) is 13.1 Å². The van der Waals surface area contributed by atoms with Crippen LogP contribution in [0.5, 0.6) is 0 Å². The molecule has 1 aromatic carbocycles. The number of hydrogen-bond donors (Lipinski definition) is 1. The number of hydrogen-bond acceptors (Lipinski definition) is 2. The summed E-state index contributed by atoms with van der Waals surface area (Å²) in [6.45, 7) is 7.24. The molecule has 0 aliphatic heterocycles. The highest BCUT2D eigenvalue weighted by Gasteiger charge is 2.12. The van der Waals surface area contributed by atoms with Gasteiger partial charge in [0.15, 0.2) is 0 Å². The van der Waals surface area contributed by atoms with E-state index in [9.17, 15) is 8.78 Å². The molecule has 0 saturated heterocycles. The zero-order valence-electron chi connectivity index (χ0n) is 12.0. The third-order valence-electron chi connectivity index (χ3n) is 3.31. The van der Waals surface area contributed by atoms with Gasteiger partial charge in [-0.25, -0.2) is 8.78 Å². The lowest BCUT2D eigenvalue weighted by Crippen LogP contribution is -2.18. The van der Waals surface area contributed by atoms with Gasteiger partial charge in [-0.15, -0.1) is 0 Å². The molecule has 0 saturated carbocycles. The van der Waals surface area contributed by atoms with Gasteiger partial charge < -0.3 is 5.32 Å². The normalized spacial score (nSPS) is 12.7. The van der Waals surface area contributed by atoms with Crippen LogP contribution in [-0.4, -0.2) is 9.78 Å². The molecular formula is C15H19F2N3. The molecule has 2 aromatic rings. The van der Waals surface area contributed by atoms with Gasteiger partial charge in [0.05, 0.1) is 5.69 Å². The molecule has 1 aromatic heterocycles. The Morgan fingerprint density at radius 2 is 1.90 bits per heavy atom. The van der Waals surface area contributed by atoms with Crippen LogP contribution in [0, 0.1) is 18.6 Å². The largest absolute Gasteiger partial charge is 0.306 e. The summed E-state index contributed by atoms with van der Waals surface area (Å²) in [5.41, 5.74) is 2.66. The Bertz CT molecular complexity index is 573. The van der Waals surface area contributed by atoms with Crippen LogP contribution in [0.3, 0.4) is 0 Å². The van der Waals surface area contributed by atoms with Gasteiger partial charge >= 0.3 is 0 Å². The minimum absolute atomic E-state index is 0.0710. The van der Waals surface area contributed by atoms with Crippen LogP contribution in [0.25, 0.3) is 0 Å². The second kappa shape index (κ2) is 6.13. The average molecular weight is 279 g/mol. The van der Waals surface area contributed by atoms with E-state index in [0.717, 1.165) is 23.9 Å². The minimum Gasteiger partial charge on any atom is -0.306 e. The van der Waals surface area contributed by atoms with Gasteiger partial charge in [0.1, 0.15) is 11.6 Å². The van der Waals surface area contributed by atoms with Crippen molar-refractivity contribution in [2.75, 3.05) is 0 Å². The summed E-state index contributed by atoms with van der Waals surface area (Å²) in [5, 5.41) is 7.65. The molecule has 20 heavy (non-hydrogen) atoms. The van der Waals surface area contributed by atoms with E-state index < -0.39 is 11.6 Å². The maximum atomic E-state index is 13.1. The van der Waals surface area contributed by atoms with E-state index in [1.807, 2.05) is 31.6 Å². The molecule has 2 rings (SSSR count). The van der Waals surface area contributed by atoms with E-state index >= 15 is 0 Å². The predicted octanol–water partition coefficient (Wildman–Crippen LogP) is 3.34. The van der Waals surface area contributed by atoms with Crippen LogP contribution in [0.2, 0.25) is 0 Å². The first-order valence-corrected chi connectivity index (χ1v) is 6.72. The molecule has 1 heterocycles. The van der Waals surface area contributed by atoms with E-state index in [2.05, 4.69) is 10.4 Å². The Morgan fingerprint density at radius 1 is 1.25 bits per heavy atom. The summed E-state index contributed by atoms with van der Waals surface area (Å²) < 4.78 is 28.1. The van der Waals surface area contributed by atoms with Gasteiger partial charge in [-0.1, -0.05) is 0 Å². The van der Waals surface area contributed by atoms with Crippen molar-refractivity contribution in [3.05, 3.63) is 52.9 Å². The number of aromatic nitrogens is 2. The average Bonchev–Trinajstić information content (AvgIpc) is 2.76. The lowest BCUT2D eigenvalue weighted by molar-refractivity contribution is 0.552. The molecule has 5 heteroatoms. The van der Waals surface area contributed by atoms with E-state index in [-0.39, 0.29) is 6.04 Å². The molecule has 0 radical (unpaired) electrons. The molecule has 1 N–H and O–H groups in total. The van der Waals surface area contributed by atoms with Gasteiger partial charge in [0.2, 0.25) is 0 Å². The molecule has 0 amide bonds. The standard InChI is InChI=1S/C15H19F2N3/c1-4-20-9-15(11(3)19-20)10(2)18-8-12-5-13(16)7-14(17)6-12/h5-7,9-10,18H,4,8H2,1-3H3. The van der Waals surface area contributed by atoms with Crippen molar-refractivity contribution in [2.45, 2.75) is 39.9 Å². The maximum absolute atomic E-state index is 13.1. The molecule has 0 aliphatic carbocycles. The highest BCUT2D eigenvalue weighted by molar-refractivity contribution is 5.21. The first-order chi connectivity index (χ1) is 9.49. The van der Waals surface area contributed by atoms with Crippen LogP contribution in [0.4, 0.5) is 8.78 Å². The Morgan fingerprint density at radius 3 is 2.45 bits per heavy atom. The van der Waals surface area contributed by atoms with Gasteiger partial charge in [-0.3, -0.25) is 4.68 Å². The van der Waals surface area contributed by atoms with E-state index in [1.165, 1.54) is 12.1 Å². The Labute approximate surface area is 117 Å². The number of nitrogens with zero attached hydrogens (tertiary/aromatic N) is 2. The second-order valence-electron chi connectivity index (χ2n) is 4.91. The van der Waals surface area contributed by atoms with E-state index in [0.29, 0.717) is 12.1 Å². The van der Waals surface area contributed by atoms with E-state index in [1.54, 1.807) is 0 Å². The Hall–Kier alpha value is -1.75. The third kappa shape index (κ3) is 3.42. The van der Waals surface area contributed by atoms with Gasteiger partial charge in [0, 0.05) is 37.0 Å². The molecule has 3 nitrogen and oxygen atoms in total. The number of benzene rings is 1. The first-order valence-electron chi connectivity index (χ1n) is 6.72. The van der Waals surface area contributed by atoms with Crippen molar-refractivity contribution in [2.24, 2.45) is 0 Å². The molecule has 1 unspecified atom stereocenters. The lowest BCUT2D eigenvalue weighted by Gasteiger charge is -2.13. The summed E-state index contributed by atoms with van der Waals surface area (Å²) in [6, 6.07) is 3.63. The predicted molar refractivity (Wildman–Crippen MR) is 74.3 cm³/mol. The third-order valence-corrected chi connectivity index (χ3v) is 3.31. The molecule has 0 fully saturated rings. The highest BCUT2D eigenvalue weighted by atomic mass is 19.1. The SMILES string of the molecule is CCn1cc(C(C)NCc2cc(F)cc(F)c2)c(C)n1. The first kappa shape index (κ1) is 14.7. The topological polar surface area (TPSA) is 29.9 Å². The molecule has 0 spiro atoms. The van der Waals surface area contributed by atoms with Crippen LogP contribution < -0.4 is 5.32 Å². The molecule has 1 atom stereocenters. The fourth-order valence-electron chi connectivity index (χ4n) is 2.21. The smallest absolute Gasteiger partial charge is 0.126 e. The van der Waals surface area contributed by atoms with Crippen molar-refractivity contribution in [3.63, 3.8) is 0 Å². The van der Waals surface area contributed by atoms with Crippen molar-refractivity contribution in [1.82, 2.24) is 15.1 Å². The second-order valence-corrected chi connectivity index (χ2v) is 4.91. The molecule has 108 valence electrons. The molecular weight excluding hydrogens is 260 g/mol. The monoisotopic (exact) mass is 279 g/mol. The molecule has 0 aliphatic rings. The zero-order valence-corrected chi connectivity index (χ0v) is 12.0. The number of rotatable bonds is 5. The van der Waals surface area contributed by atoms with Crippen LogP contribution in [0.15, 0.2) is 24.4 Å². The fraction of sp³-hybridized carbons (Fsp3) is 0.400. The Kier molecular flexibility index (Phi) is 4.49. The number of nitrogens with one attached hydrogen (secondary N) is 1. The van der Waals surface area contributed by atoms with Crippen molar-refractivity contribution in [1.29, 1.82) is 0 Å². The van der Waals surface area contributed by atoms with Crippen LogP contribution >= 0.6 is 0 Å². The maximum Gasteiger partial charge on any atom is 0.126 e. The van der Waals surface area contributed by atoms with Crippen molar-refractivity contribution >= 4 is 0 Å². The van der Waals surface area contributed by atoms with Crippen molar-refractivity contribution in [3.8, 4) is 0 Å². The van der Waals surface area contributed by atoms with Gasteiger partial charge in [0.25, 0.3) is 0 Å². The lowest BCUT2D eigenvalue weighted by atomic mass is 10.1.